The second-order valence-corrected chi connectivity index (χ2v) is 3.13. The maximum Gasteiger partial charge on any atom is 0.320 e. The summed E-state index contributed by atoms with van der Waals surface area (Å²) in [5.74, 6) is -0.823. The molecule has 4 nitrogen and oxygen atoms in total. The van der Waals surface area contributed by atoms with Crippen molar-refractivity contribution in [3.05, 3.63) is 24.0 Å². The van der Waals surface area contributed by atoms with Crippen molar-refractivity contribution in [3.8, 4) is 0 Å². The summed E-state index contributed by atoms with van der Waals surface area (Å²) in [6.45, 7) is 2.22. The second-order valence-electron chi connectivity index (χ2n) is 3.13. The normalized spacial score (nSPS) is 12.8. The summed E-state index contributed by atoms with van der Waals surface area (Å²) >= 11 is 0. The van der Waals surface area contributed by atoms with Crippen LogP contribution in [0, 0.1) is 0 Å². The Morgan fingerprint density at radius 1 is 1.77 bits per heavy atom. The van der Waals surface area contributed by atoms with E-state index in [1.165, 1.54) is 0 Å². The smallest absolute Gasteiger partial charge is 0.320 e. The summed E-state index contributed by atoms with van der Waals surface area (Å²) in [5, 5.41) is 11.5. The Hall–Kier alpha value is -1.29. The van der Waals surface area contributed by atoms with Gasteiger partial charge in [0.25, 0.3) is 0 Å². The number of carbonyl (C=O) groups is 1. The van der Waals surface area contributed by atoms with E-state index in [4.69, 9.17) is 5.11 Å². The van der Waals surface area contributed by atoms with Crippen molar-refractivity contribution in [2.45, 2.75) is 19.5 Å². The standard InChI is InChI=1S/C9H14N2O2/c1-7(9(12)13)10-5-8-3-4-11(2)6-8/h3-4,6-7,10H,5H2,1-2H3,(H,12,13). The molecule has 1 unspecified atom stereocenters. The van der Waals surface area contributed by atoms with E-state index < -0.39 is 12.0 Å². The molecule has 0 aliphatic heterocycles. The highest BCUT2D eigenvalue weighted by Gasteiger charge is 2.08. The van der Waals surface area contributed by atoms with Crippen molar-refractivity contribution >= 4 is 5.97 Å². The van der Waals surface area contributed by atoms with Gasteiger partial charge in [0.1, 0.15) is 6.04 Å². The van der Waals surface area contributed by atoms with E-state index in [9.17, 15) is 4.79 Å². The molecule has 0 amide bonds. The molecule has 0 saturated heterocycles. The van der Waals surface area contributed by atoms with Gasteiger partial charge in [-0.1, -0.05) is 0 Å². The number of aliphatic carboxylic acids is 1. The molecule has 72 valence electrons. The highest BCUT2D eigenvalue weighted by Crippen LogP contribution is 1.99. The lowest BCUT2D eigenvalue weighted by Gasteiger charge is -2.06. The molecule has 1 heterocycles. The molecular formula is C9H14N2O2. The van der Waals surface area contributed by atoms with Crippen LogP contribution in [0.4, 0.5) is 0 Å². The zero-order valence-corrected chi connectivity index (χ0v) is 7.82. The number of hydrogen-bond donors (Lipinski definition) is 2. The van der Waals surface area contributed by atoms with E-state index in [1.54, 1.807) is 6.92 Å². The zero-order valence-electron chi connectivity index (χ0n) is 7.82. The van der Waals surface area contributed by atoms with Gasteiger partial charge in [-0.15, -0.1) is 0 Å². The molecular weight excluding hydrogens is 168 g/mol. The first-order chi connectivity index (χ1) is 6.09. The van der Waals surface area contributed by atoms with Crippen LogP contribution in [0.25, 0.3) is 0 Å². The minimum Gasteiger partial charge on any atom is -0.480 e. The third kappa shape index (κ3) is 2.91. The average Bonchev–Trinajstić information content (AvgIpc) is 2.47. The first-order valence-electron chi connectivity index (χ1n) is 4.16. The van der Waals surface area contributed by atoms with Gasteiger partial charge >= 0.3 is 5.97 Å². The van der Waals surface area contributed by atoms with Crippen molar-refractivity contribution in [1.82, 2.24) is 9.88 Å². The summed E-state index contributed by atoms with van der Waals surface area (Å²) in [7, 11) is 1.93. The average molecular weight is 182 g/mol. The minimum absolute atomic E-state index is 0.500. The van der Waals surface area contributed by atoms with Crippen molar-refractivity contribution in [1.29, 1.82) is 0 Å². The van der Waals surface area contributed by atoms with Crippen LogP contribution in [0.5, 0.6) is 0 Å². The van der Waals surface area contributed by atoms with Crippen molar-refractivity contribution in [2.24, 2.45) is 7.05 Å². The predicted molar refractivity (Wildman–Crippen MR) is 49.4 cm³/mol. The van der Waals surface area contributed by atoms with Crippen LogP contribution < -0.4 is 5.32 Å². The molecule has 0 saturated carbocycles. The maximum atomic E-state index is 10.5. The molecule has 1 rings (SSSR count). The molecule has 0 aromatic carbocycles. The van der Waals surface area contributed by atoms with Gasteiger partial charge in [-0.2, -0.15) is 0 Å². The predicted octanol–water partition coefficient (Wildman–Crippen LogP) is 0.588. The van der Waals surface area contributed by atoms with Gasteiger partial charge in [0.2, 0.25) is 0 Å². The number of nitrogens with one attached hydrogen (secondary N) is 1. The van der Waals surface area contributed by atoms with Crippen LogP contribution in [0.3, 0.4) is 0 Å². The molecule has 4 heteroatoms. The number of carboxylic acid groups (broad SMARTS) is 1. The Balaban J connectivity index is 2.39. The zero-order chi connectivity index (χ0) is 9.84. The fourth-order valence-corrected chi connectivity index (χ4v) is 1.02. The van der Waals surface area contributed by atoms with Crippen molar-refractivity contribution in [3.63, 3.8) is 0 Å². The lowest BCUT2D eigenvalue weighted by atomic mass is 10.3. The van der Waals surface area contributed by atoms with E-state index in [0.717, 1.165) is 5.56 Å². The molecule has 0 aliphatic carbocycles. The summed E-state index contributed by atoms with van der Waals surface area (Å²) < 4.78 is 1.93. The minimum atomic E-state index is -0.823. The highest BCUT2D eigenvalue weighted by atomic mass is 16.4. The summed E-state index contributed by atoms with van der Waals surface area (Å²) in [5.41, 5.74) is 1.09. The van der Waals surface area contributed by atoms with Crippen LogP contribution in [0.1, 0.15) is 12.5 Å². The number of aromatic nitrogens is 1. The number of nitrogens with zero attached hydrogens (tertiary/aromatic N) is 1. The summed E-state index contributed by atoms with van der Waals surface area (Å²) in [6, 6.07) is 1.46. The Morgan fingerprint density at radius 3 is 2.92 bits per heavy atom. The Kier molecular flexibility index (Phi) is 3.08. The number of rotatable bonds is 4. The number of aryl methyl sites for hydroxylation is 1. The van der Waals surface area contributed by atoms with Crippen LogP contribution in [-0.4, -0.2) is 21.7 Å². The first-order valence-corrected chi connectivity index (χ1v) is 4.16. The third-order valence-electron chi connectivity index (χ3n) is 1.88. The monoisotopic (exact) mass is 182 g/mol. The van der Waals surface area contributed by atoms with Gasteiger partial charge in [-0.25, -0.2) is 0 Å². The highest BCUT2D eigenvalue weighted by molar-refractivity contribution is 5.72. The van der Waals surface area contributed by atoms with Crippen molar-refractivity contribution < 1.29 is 9.90 Å². The van der Waals surface area contributed by atoms with Gasteiger partial charge in [0, 0.05) is 26.0 Å². The van der Waals surface area contributed by atoms with E-state index in [2.05, 4.69) is 5.32 Å². The molecule has 1 aromatic rings. The second kappa shape index (κ2) is 4.09. The molecule has 1 aromatic heterocycles. The van der Waals surface area contributed by atoms with E-state index >= 15 is 0 Å². The third-order valence-corrected chi connectivity index (χ3v) is 1.88. The van der Waals surface area contributed by atoms with Gasteiger partial charge < -0.3 is 15.0 Å². The van der Waals surface area contributed by atoms with Gasteiger partial charge in [0.05, 0.1) is 0 Å². The van der Waals surface area contributed by atoms with Gasteiger partial charge in [-0.05, 0) is 18.6 Å². The molecule has 2 N–H and O–H groups in total. The lowest BCUT2D eigenvalue weighted by molar-refractivity contribution is -0.139. The molecule has 0 aliphatic rings. The first kappa shape index (κ1) is 9.80. The van der Waals surface area contributed by atoms with Crippen LogP contribution >= 0.6 is 0 Å². The van der Waals surface area contributed by atoms with Crippen LogP contribution in [0.15, 0.2) is 18.5 Å². The van der Waals surface area contributed by atoms with Crippen LogP contribution in [-0.2, 0) is 18.4 Å². The summed E-state index contributed by atoms with van der Waals surface area (Å²) in [6.07, 6.45) is 3.89. The number of hydrogen-bond acceptors (Lipinski definition) is 2. The maximum absolute atomic E-state index is 10.5. The quantitative estimate of drug-likeness (QED) is 0.716. The van der Waals surface area contributed by atoms with E-state index in [1.807, 2.05) is 30.1 Å². The van der Waals surface area contributed by atoms with Crippen molar-refractivity contribution in [2.75, 3.05) is 0 Å². The summed E-state index contributed by atoms with van der Waals surface area (Å²) in [4.78, 5) is 10.5. The Bertz CT molecular complexity index is 294. The molecule has 0 fully saturated rings. The molecule has 0 spiro atoms. The molecule has 13 heavy (non-hydrogen) atoms. The van der Waals surface area contributed by atoms with Gasteiger partial charge in [-0.3, -0.25) is 4.79 Å². The largest absolute Gasteiger partial charge is 0.480 e. The fraction of sp³-hybridized carbons (Fsp3) is 0.444. The molecule has 0 radical (unpaired) electrons. The Labute approximate surface area is 77.2 Å². The van der Waals surface area contributed by atoms with E-state index in [-0.39, 0.29) is 0 Å². The molecule has 1 atom stereocenters. The van der Waals surface area contributed by atoms with E-state index in [0.29, 0.717) is 6.54 Å². The lowest BCUT2D eigenvalue weighted by Crippen LogP contribution is -2.32. The molecule has 0 bridgehead atoms. The Morgan fingerprint density at radius 2 is 2.46 bits per heavy atom. The van der Waals surface area contributed by atoms with Gasteiger partial charge in [0.15, 0.2) is 0 Å². The SMILES string of the molecule is CC(NCc1ccn(C)c1)C(=O)O. The fourth-order valence-electron chi connectivity index (χ4n) is 1.02. The van der Waals surface area contributed by atoms with Crippen LogP contribution in [0.2, 0.25) is 0 Å². The topological polar surface area (TPSA) is 54.3 Å². The number of carboxylic acids is 1.